The monoisotopic (exact) mass is 446 g/mol. The van der Waals surface area contributed by atoms with Gasteiger partial charge in [-0.2, -0.15) is 5.10 Å². The molecule has 0 spiro atoms. The van der Waals surface area contributed by atoms with Crippen LogP contribution in [0.5, 0.6) is 0 Å². The van der Waals surface area contributed by atoms with Gasteiger partial charge in [0.25, 0.3) is 5.91 Å². The van der Waals surface area contributed by atoms with Crippen molar-refractivity contribution in [1.29, 1.82) is 0 Å². The summed E-state index contributed by atoms with van der Waals surface area (Å²) in [5.41, 5.74) is 3.28. The van der Waals surface area contributed by atoms with Gasteiger partial charge < -0.3 is 14.6 Å². The molecule has 0 fully saturated rings. The van der Waals surface area contributed by atoms with E-state index in [-0.39, 0.29) is 17.6 Å². The summed E-state index contributed by atoms with van der Waals surface area (Å²) in [6, 6.07) is 16.6. The van der Waals surface area contributed by atoms with Gasteiger partial charge in [0, 0.05) is 25.1 Å². The van der Waals surface area contributed by atoms with Crippen LogP contribution in [0.4, 0.5) is 10.2 Å². The number of amides is 2. The Morgan fingerprint density at radius 3 is 2.39 bits per heavy atom. The molecule has 0 atom stereocenters. The Bertz CT molecular complexity index is 1280. The molecular formula is C25H23FN4O3. The third kappa shape index (κ3) is 4.69. The minimum Gasteiger partial charge on any atom is -0.467 e. The second-order valence-corrected chi connectivity index (χ2v) is 7.70. The molecule has 2 aromatic carbocycles. The minimum atomic E-state index is -0.345. The van der Waals surface area contributed by atoms with Crippen LogP contribution in [0.15, 0.2) is 71.3 Å². The van der Waals surface area contributed by atoms with Crippen LogP contribution in [0.25, 0.3) is 16.8 Å². The van der Waals surface area contributed by atoms with Gasteiger partial charge in [0.1, 0.15) is 17.4 Å². The number of anilines is 1. The van der Waals surface area contributed by atoms with Crippen LogP contribution in [-0.4, -0.2) is 33.5 Å². The fourth-order valence-electron chi connectivity index (χ4n) is 3.63. The lowest BCUT2D eigenvalue weighted by atomic mass is 10.1. The highest BCUT2D eigenvalue weighted by atomic mass is 19.1. The molecule has 4 rings (SSSR count). The molecule has 7 nitrogen and oxygen atoms in total. The van der Waals surface area contributed by atoms with E-state index in [1.165, 1.54) is 19.1 Å². The lowest BCUT2D eigenvalue weighted by Crippen LogP contribution is -2.26. The van der Waals surface area contributed by atoms with Gasteiger partial charge in [0.05, 0.1) is 24.2 Å². The molecule has 2 heterocycles. The summed E-state index contributed by atoms with van der Waals surface area (Å²) in [4.78, 5) is 26.3. The number of aromatic nitrogens is 2. The number of hydrogen-bond donors (Lipinski definition) is 1. The topological polar surface area (TPSA) is 80.4 Å². The van der Waals surface area contributed by atoms with E-state index in [2.05, 4.69) is 10.4 Å². The van der Waals surface area contributed by atoms with Crippen molar-refractivity contribution in [2.75, 3.05) is 12.4 Å². The maximum Gasteiger partial charge on any atom is 0.254 e. The number of halogens is 1. The second-order valence-electron chi connectivity index (χ2n) is 7.70. The number of aryl methyl sites for hydroxylation is 1. The summed E-state index contributed by atoms with van der Waals surface area (Å²) in [6.07, 6.45) is 1.57. The standard InChI is InChI=1S/C25H23FN4O3/c1-16-23(18-6-10-20(26)11-7-18)24(27-17(2)31)30(28-16)21-12-8-19(9-13-21)25(32)29(3)15-22-5-4-14-33-22/h4-14H,15H2,1-3H3,(H,27,31). The molecule has 8 heteroatoms. The SMILES string of the molecule is CC(=O)Nc1c(-c2ccc(F)cc2)c(C)nn1-c1ccc(C(=O)N(C)Cc2ccco2)cc1. The van der Waals surface area contributed by atoms with Gasteiger partial charge in [-0.3, -0.25) is 9.59 Å². The van der Waals surface area contributed by atoms with Gasteiger partial charge >= 0.3 is 0 Å². The molecule has 1 N–H and O–H groups in total. The van der Waals surface area contributed by atoms with Crippen LogP contribution < -0.4 is 5.32 Å². The van der Waals surface area contributed by atoms with Crippen LogP contribution in [0.1, 0.15) is 28.7 Å². The lowest BCUT2D eigenvalue weighted by molar-refractivity contribution is -0.114. The molecule has 0 aliphatic rings. The van der Waals surface area contributed by atoms with E-state index >= 15 is 0 Å². The summed E-state index contributed by atoms with van der Waals surface area (Å²) in [6.45, 7) is 3.60. The Labute approximate surface area is 190 Å². The maximum absolute atomic E-state index is 13.4. The predicted octanol–water partition coefficient (Wildman–Crippen LogP) is 4.81. The van der Waals surface area contributed by atoms with Crippen molar-refractivity contribution in [3.8, 4) is 16.8 Å². The lowest BCUT2D eigenvalue weighted by Gasteiger charge is -2.16. The Morgan fingerprint density at radius 1 is 1.09 bits per heavy atom. The van der Waals surface area contributed by atoms with Gasteiger partial charge in [0.2, 0.25) is 5.91 Å². The molecule has 2 amide bonds. The van der Waals surface area contributed by atoms with Crippen molar-refractivity contribution in [1.82, 2.24) is 14.7 Å². The van der Waals surface area contributed by atoms with E-state index in [0.29, 0.717) is 40.6 Å². The number of carbonyl (C=O) groups excluding carboxylic acids is 2. The van der Waals surface area contributed by atoms with Crippen molar-refractivity contribution < 1.29 is 18.4 Å². The number of rotatable bonds is 6. The largest absolute Gasteiger partial charge is 0.467 e. The summed E-state index contributed by atoms with van der Waals surface area (Å²) < 4.78 is 20.3. The van der Waals surface area contributed by atoms with Gasteiger partial charge in [-0.1, -0.05) is 12.1 Å². The van der Waals surface area contributed by atoms with Crippen LogP contribution in [0.3, 0.4) is 0 Å². The molecule has 0 aliphatic heterocycles. The quantitative estimate of drug-likeness (QED) is 0.461. The molecule has 0 saturated heterocycles. The first-order chi connectivity index (χ1) is 15.8. The van der Waals surface area contributed by atoms with E-state index in [0.717, 1.165) is 5.56 Å². The Morgan fingerprint density at radius 2 is 1.79 bits per heavy atom. The Balaban J connectivity index is 1.66. The van der Waals surface area contributed by atoms with Gasteiger partial charge in [-0.05, 0) is 61.0 Å². The van der Waals surface area contributed by atoms with Crippen molar-refractivity contribution in [3.63, 3.8) is 0 Å². The van der Waals surface area contributed by atoms with E-state index < -0.39 is 0 Å². The van der Waals surface area contributed by atoms with E-state index in [4.69, 9.17) is 4.42 Å². The van der Waals surface area contributed by atoms with E-state index in [1.807, 2.05) is 13.0 Å². The minimum absolute atomic E-state index is 0.149. The zero-order valence-corrected chi connectivity index (χ0v) is 18.5. The Hall–Kier alpha value is -4.20. The van der Waals surface area contributed by atoms with Crippen LogP contribution in [0, 0.1) is 12.7 Å². The number of carbonyl (C=O) groups is 2. The highest BCUT2D eigenvalue weighted by molar-refractivity contribution is 5.95. The average Bonchev–Trinajstić information content (AvgIpc) is 3.41. The smallest absolute Gasteiger partial charge is 0.254 e. The fourth-order valence-corrected chi connectivity index (χ4v) is 3.63. The van der Waals surface area contributed by atoms with Crippen molar-refractivity contribution in [2.24, 2.45) is 0 Å². The molecule has 33 heavy (non-hydrogen) atoms. The highest BCUT2D eigenvalue weighted by Gasteiger charge is 2.20. The summed E-state index contributed by atoms with van der Waals surface area (Å²) >= 11 is 0. The molecule has 0 bridgehead atoms. The summed E-state index contributed by atoms with van der Waals surface area (Å²) in [5, 5.41) is 7.43. The summed E-state index contributed by atoms with van der Waals surface area (Å²) in [5.74, 6) is 0.417. The molecule has 0 saturated carbocycles. The molecular weight excluding hydrogens is 423 g/mol. The van der Waals surface area contributed by atoms with Crippen molar-refractivity contribution in [2.45, 2.75) is 20.4 Å². The summed E-state index contributed by atoms with van der Waals surface area (Å²) in [7, 11) is 1.71. The van der Waals surface area contributed by atoms with Crippen LogP contribution >= 0.6 is 0 Å². The second kappa shape index (κ2) is 9.12. The zero-order valence-electron chi connectivity index (χ0n) is 18.5. The van der Waals surface area contributed by atoms with Gasteiger partial charge in [-0.25, -0.2) is 9.07 Å². The van der Waals surface area contributed by atoms with Crippen molar-refractivity contribution >= 4 is 17.6 Å². The Kier molecular flexibility index (Phi) is 6.08. The number of hydrogen-bond acceptors (Lipinski definition) is 4. The predicted molar refractivity (Wildman–Crippen MR) is 123 cm³/mol. The van der Waals surface area contributed by atoms with Crippen LogP contribution in [0.2, 0.25) is 0 Å². The highest BCUT2D eigenvalue weighted by Crippen LogP contribution is 2.33. The van der Waals surface area contributed by atoms with E-state index in [9.17, 15) is 14.0 Å². The fraction of sp³-hybridized carbons (Fsp3) is 0.160. The molecule has 2 aromatic heterocycles. The number of nitrogens with one attached hydrogen (secondary N) is 1. The zero-order chi connectivity index (χ0) is 23.5. The first-order valence-corrected chi connectivity index (χ1v) is 10.3. The number of nitrogens with zero attached hydrogens (tertiary/aromatic N) is 3. The molecule has 0 radical (unpaired) electrons. The first-order valence-electron chi connectivity index (χ1n) is 10.3. The number of benzene rings is 2. The van der Waals surface area contributed by atoms with E-state index in [1.54, 1.807) is 65.4 Å². The normalized spacial score (nSPS) is 10.8. The average molecular weight is 446 g/mol. The third-order valence-electron chi connectivity index (χ3n) is 5.17. The molecule has 4 aromatic rings. The van der Waals surface area contributed by atoms with Gasteiger partial charge in [-0.15, -0.1) is 0 Å². The van der Waals surface area contributed by atoms with Gasteiger partial charge in [0.15, 0.2) is 0 Å². The molecule has 168 valence electrons. The third-order valence-corrected chi connectivity index (χ3v) is 5.17. The molecule has 0 aliphatic carbocycles. The molecule has 0 unspecified atom stereocenters. The first kappa shape index (κ1) is 22.0. The number of furan rings is 1. The maximum atomic E-state index is 13.4. The van der Waals surface area contributed by atoms with Crippen molar-refractivity contribution in [3.05, 3.63) is 89.8 Å². The van der Waals surface area contributed by atoms with Crippen LogP contribution in [-0.2, 0) is 11.3 Å².